The van der Waals surface area contributed by atoms with Crippen LogP contribution < -0.4 is 4.74 Å². The maximum absolute atomic E-state index is 12.1. The fourth-order valence-corrected chi connectivity index (χ4v) is 2.92. The Hall–Kier alpha value is -1.45. The van der Waals surface area contributed by atoms with Gasteiger partial charge in [0.05, 0.1) is 6.67 Å². The van der Waals surface area contributed by atoms with Crippen molar-refractivity contribution in [3.05, 3.63) is 42.0 Å². The molecule has 0 unspecified atom stereocenters. The zero-order valence-corrected chi connectivity index (χ0v) is 12.0. The highest BCUT2D eigenvalue weighted by Gasteiger charge is 2.20. The Kier molecular flexibility index (Phi) is 6.15. The number of halogens is 3. The summed E-state index contributed by atoms with van der Waals surface area (Å²) in [7, 11) is 0. The molecule has 116 valence electrons. The summed E-state index contributed by atoms with van der Waals surface area (Å²) < 4.78 is 40.6. The zero-order valence-electron chi connectivity index (χ0n) is 12.0. The molecule has 1 fully saturated rings. The highest BCUT2D eigenvalue weighted by molar-refractivity contribution is 5.29. The minimum absolute atomic E-state index is 0.205. The second-order valence-corrected chi connectivity index (χ2v) is 5.47. The molecule has 0 atom stereocenters. The number of rotatable bonds is 6. The average Bonchev–Trinajstić information content (AvgIpc) is 2.49. The molecule has 0 saturated heterocycles. The zero-order chi connectivity index (χ0) is 15.1. The summed E-state index contributed by atoms with van der Waals surface area (Å²) in [6.07, 6.45) is 8.94. The van der Waals surface area contributed by atoms with E-state index in [4.69, 9.17) is 0 Å². The number of hydrogen-bond acceptors (Lipinski definition) is 1. The van der Waals surface area contributed by atoms with Gasteiger partial charge in [-0.3, -0.25) is 4.39 Å². The quantitative estimate of drug-likeness (QED) is 0.632. The van der Waals surface area contributed by atoms with Crippen molar-refractivity contribution in [2.75, 3.05) is 6.67 Å². The third kappa shape index (κ3) is 5.10. The summed E-state index contributed by atoms with van der Waals surface area (Å²) in [5, 5.41) is 0. The van der Waals surface area contributed by atoms with Crippen LogP contribution in [0.1, 0.15) is 43.6 Å². The van der Waals surface area contributed by atoms with Crippen LogP contribution in [0.5, 0.6) is 5.75 Å². The minimum atomic E-state index is -2.78. The second-order valence-electron chi connectivity index (χ2n) is 5.47. The number of hydrogen-bond donors (Lipinski definition) is 0. The lowest BCUT2D eigenvalue weighted by Crippen LogP contribution is -2.11. The Bertz CT molecular complexity index is 434. The van der Waals surface area contributed by atoms with Gasteiger partial charge in [0.1, 0.15) is 5.75 Å². The maximum atomic E-state index is 12.1. The van der Waals surface area contributed by atoms with E-state index < -0.39 is 6.61 Å². The van der Waals surface area contributed by atoms with E-state index in [-0.39, 0.29) is 12.4 Å². The number of allylic oxidation sites excluding steroid dienone is 2. The van der Waals surface area contributed by atoms with Crippen LogP contribution >= 0.6 is 0 Å². The van der Waals surface area contributed by atoms with Crippen LogP contribution in [0.15, 0.2) is 36.4 Å². The van der Waals surface area contributed by atoms with Gasteiger partial charge < -0.3 is 4.74 Å². The van der Waals surface area contributed by atoms with Gasteiger partial charge in [0, 0.05) is 0 Å². The molecular formula is C17H21F3O. The molecule has 0 spiro atoms. The number of ether oxygens (including phenoxy) is 1. The summed E-state index contributed by atoms with van der Waals surface area (Å²) in [6.45, 7) is -3.07. The second kappa shape index (κ2) is 8.11. The highest BCUT2D eigenvalue weighted by atomic mass is 19.3. The summed E-state index contributed by atoms with van der Waals surface area (Å²) in [4.78, 5) is 0. The molecule has 0 heterocycles. The molecule has 0 N–H and O–H groups in total. The molecule has 2 rings (SSSR count). The van der Waals surface area contributed by atoms with Crippen LogP contribution in [0, 0.1) is 5.92 Å². The minimum Gasteiger partial charge on any atom is -0.435 e. The van der Waals surface area contributed by atoms with E-state index in [0.29, 0.717) is 18.3 Å². The Labute approximate surface area is 123 Å². The van der Waals surface area contributed by atoms with Gasteiger partial charge in [-0.1, -0.05) is 24.3 Å². The molecule has 0 aromatic heterocycles. The summed E-state index contributed by atoms with van der Waals surface area (Å²) >= 11 is 0. The van der Waals surface area contributed by atoms with Gasteiger partial charge in [-0.05, 0) is 61.6 Å². The predicted octanol–water partition coefficient (Wildman–Crippen LogP) is 5.48. The molecule has 1 aliphatic carbocycles. The molecule has 1 nitrogen and oxygen atoms in total. The molecule has 4 heteroatoms. The fourth-order valence-electron chi connectivity index (χ4n) is 2.92. The van der Waals surface area contributed by atoms with Gasteiger partial charge in [-0.2, -0.15) is 8.78 Å². The smallest absolute Gasteiger partial charge is 0.387 e. The Morgan fingerprint density at radius 1 is 1.10 bits per heavy atom. The van der Waals surface area contributed by atoms with Crippen LogP contribution in [-0.4, -0.2) is 13.3 Å². The van der Waals surface area contributed by atoms with E-state index in [1.165, 1.54) is 5.56 Å². The molecule has 0 bridgehead atoms. The Morgan fingerprint density at radius 2 is 1.76 bits per heavy atom. The summed E-state index contributed by atoms with van der Waals surface area (Å²) in [6, 6.07) is 6.97. The predicted molar refractivity (Wildman–Crippen MR) is 77.5 cm³/mol. The van der Waals surface area contributed by atoms with Crippen molar-refractivity contribution >= 4 is 0 Å². The highest BCUT2D eigenvalue weighted by Crippen LogP contribution is 2.36. The van der Waals surface area contributed by atoms with Crippen LogP contribution in [0.3, 0.4) is 0 Å². The molecule has 0 aliphatic heterocycles. The molecule has 0 amide bonds. The number of alkyl halides is 3. The molecule has 1 aliphatic rings. The first kappa shape index (κ1) is 15.9. The Balaban J connectivity index is 1.84. The maximum Gasteiger partial charge on any atom is 0.387 e. The van der Waals surface area contributed by atoms with Gasteiger partial charge in [-0.15, -0.1) is 0 Å². The van der Waals surface area contributed by atoms with Crippen molar-refractivity contribution in [1.82, 2.24) is 0 Å². The van der Waals surface area contributed by atoms with E-state index >= 15 is 0 Å². The molecule has 21 heavy (non-hydrogen) atoms. The lowest BCUT2D eigenvalue weighted by molar-refractivity contribution is -0.0498. The van der Waals surface area contributed by atoms with E-state index in [0.717, 1.165) is 25.7 Å². The lowest BCUT2D eigenvalue weighted by atomic mass is 9.78. The standard InChI is InChI=1S/C17H21F3O/c18-12-2-1-3-13-4-6-14(7-5-13)15-8-10-16(11-9-15)21-17(19)20/h1,3,8-11,13-14,17H,2,4-7,12H2. The van der Waals surface area contributed by atoms with Crippen molar-refractivity contribution in [1.29, 1.82) is 0 Å². The molecule has 0 radical (unpaired) electrons. The fraction of sp³-hybridized carbons (Fsp3) is 0.529. The summed E-state index contributed by atoms with van der Waals surface area (Å²) in [5.74, 6) is 1.24. The normalized spacial score (nSPS) is 22.9. The van der Waals surface area contributed by atoms with E-state index in [9.17, 15) is 13.2 Å². The van der Waals surface area contributed by atoms with E-state index in [1.54, 1.807) is 12.1 Å². The van der Waals surface area contributed by atoms with Crippen LogP contribution in [0.25, 0.3) is 0 Å². The third-order valence-electron chi connectivity index (χ3n) is 4.03. The summed E-state index contributed by atoms with van der Waals surface area (Å²) in [5.41, 5.74) is 1.18. The van der Waals surface area contributed by atoms with Crippen molar-refractivity contribution in [2.24, 2.45) is 5.92 Å². The van der Waals surface area contributed by atoms with Crippen LogP contribution in [0.4, 0.5) is 13.2 Å². The van der Waals surface area contributed by atoms with Gasteiger partial charge in [0.15, 0.2) is 0 Å². The SMILES string of the molecule is FCCC=CC1CCC(c2ccc(OC(F)F)cc2)CC1. The van der Waals surface area contributed by atoms with Gasteiger partial charge in [0.2, 0.25) is 0 Å². The van der Waals surface area contributed by atoms with Gasteiger partial charge >= 0.3 is 6.61 Å². The Morgan fingerprint density at radius 3 is 2.33 bits per heavy atom. The first-order valence-electron chi connectivity index (χ1n) is 7.46. The first-order chi connectivity index (χ1) is 10.2. The van der Waals surface area contributed by atoms with E-state index in [1.807, 2.05) is 18.2 Å². The lowest BCUT2D eigenvalue weighted by Gasteiger charge is -2.27. The van der Waals surface area contributed by atoms with Crippen molar-refractivity contribution < 1.29 is 17.9 Å². The molecular weight excluding hydrogens is 277 g/mol. The largest absolute Gasteiger partial charge is 0.435 e. The van der Waals surface area contributed by atoms with Gasteiger partial charge in [0.25, 0.3) is 0 Å². The van der Waals surface area contributed by atoms with Crippen molar-refractivity contribution in [2.45, 2.75) is 44.6 Å². The average molecular weight is 298 g/mol. The first-order valence-corrected chi connectivity index (χ1v) is 7.46. The topological polar surface area (TPSA) is 9.23 Å². The van der Waals surface area contributed by atoms with Crippen molar-refractivity contribution in [3.63, 3.8) is 0 Å². The monoisotopic (exact) mass is 298 g/mol. The van der Waals surface area contributed by atoms with Crippen LogP contribution in [0.2, 0.25) is 0 Å². The van der Waals surface area contributed by atoms with Crippen molar-refractivity contribution in [3.8, 4) is 5.75 Å². The molecule has 1 saturated carbocycles. The van der Waals surface area contributed by atoms with E-state index in [2.05, 4.69) is 10.8 Å². The number of benzene rings is 1. The molecule has 1 aromatic rings. The van der Waals surface area contributed by atoms with Crippen LogP contribution in [-0.2, 0) is 0 Å². The molecule has 1 aromatic carbocycles. The third-order valence-corrected chi connectivity index (χ3v) is 4.03. The van der Waals surface area contributed by atoms with Gasteiger partial charge in [-0.25, -0.2) is 0 Å².